The van der Waals surface area contributed by atoms with Crippen molar-refractivity contribution in [3.8, 4) is 0 Å². The summed E-state index contributed by atoms with van der Waals surface area (Å²) in [6, 6.07) is 0.848. The summed E-state index contributed by atoms with van der Waals surface area (Å²) >= 11 is 0. The van der Waals surface area contributed by atoms with Crippen LogP contribution in [0.3, 0.4) is 0 Å². The third-order valence-corrected chi connectivity index (χ3v) is 5.11. The van der Waals surface area contributed by atoms with E-state index in [9.17, 15) is 0 Å². The largest absolute Gasteiger partial charge is 0.308 e. The van der Waals surface area contributed by atoms with Gasteiger partial charge in [-0.05, 0) is 40.5 Å². The number of hydrogen-bond donors (Lipinski definition) is 0. The molecule has 1 aliphatic heterocycles. The van der Waals surface area contributed by atoms with Gasteiger partial charge in [0, 0.05) is 5.54 Å². The smallest absolute Gasteiger partial charge is 0.135 e. The highest BCUT2D eigenvalue weighted by Crippen LogP contribution is 2.31. The molecule has 1 atom stereocenters. The molecule has 16 heavy (non-hydrogen) atoms. The van der Waals surface area contributed by atoms with Crippen LogP contribution in [0.4, 0.5) is 0 Å². The van der Waals surface area contributed by atoms with E-state index >= 15 is 0 Å². The topological polar surface area (TPSA) is 3.24 Å². The van der Waals surface area contributed by atoms with E-state index in [1.807, 2.05) is 0 Å². The second-order valence-corrected chi connectivity index (χ2v) is 5.94. The van der Waals surface area contributed by atoms with Gasteiger partial charge in [-0.2, -0.15) is 0 Å². The molecule has 0 aromatic rings. The highest BCUT2D eigenvalue weighted by Gasteiger charge is 2.46. The van der Waals surface area contributed by atoms with Crippen molar-refractivity contribution in [2.45, 2.75) is 66.0 Å². The van der Waals surface area contributed by atoms with E-state index in [4.69, 9.17) is 0 Å². The summed E-state index contributed by atoms with van der Waals surface area (Å²) in [5.41, 5.74) is 0.373. The van der Waals surface area contributed by atoms with Crippen molar-refractivity contribution in [2.24, 2.45) is 0 Å². The van der Waals surface area contributed by atoms with E-state index in [2.05, 4.69) is 46.4 Å². The minimum Gasteiger partial charge on any atom is -0.308 e. The van der Waals surface area contributed by atoms with Crippen molar-refractivity contribution in [3.05, 3.63) is 0 Å². The van der Waals surface area contributed by atoms with Crippen LogP contribution in [0.15, 0.2) is 0 Å². The Bertz CT molecular complexity index is 219. The Morgan fingerprint density at radius 1 is 1.12 bits per heavy atom. The number of quaternary nitrogens is 1. The first-order valence-corrected chi connectivity index (χ1v) is 7.06. The Morgan fingerprint density at radius 3 is 2.00 bits per heavy atom. The molecule has 2 nitrogen and oxygen atoms in total. The Balaban J connectivity index is 2.85. The Labute approximate surface area is 102 Å². The van der Waals surface area contributed by atoms with Crippen LogP contribution in [-0.4, -0.2) is 47.3 Å². The second-order valence-electron chi connectivity index (χ2n) is 5.94. The van der Waals surface area contributed by atoms with Gasteiger partial charge in [-0.25, -0.2) is 4.90 Å². The first-order valence-electron chi connectivity index (χ1n) is 7.06. The zero-order valence-corrected chi connectivity index (χ0v) is 12.2. The van der Waals surface area contributed by atoms with E-state index in [1.165, 1.54) is 43.6 Å². The standard InChI is InChI=1S/C14H31N2/c1-7-13-11-15(14(5,6)8-2)12-16(13,9-3)10-4/h13H,7-12H2,1-6H3/q+1. The van der Waals surface area contributed by atoms with Gasteiger partial charge in [0.15, 0.2) is 0 Å². The van der Waals surface area contributed by atoms with Crippen molar-refractivity contribution in [3.63, 3.8) is 0 Å². The lowest BCUT2D eigenvalue weighted by atomic mass is 10.00. The summed E-state index contributed by atoms with van der Waals surface area (Å²) in [5, 5.41) is 0. The minimum atomic E-state index is 0.373. The van der Waals surface area contributed by atoms with Gasteiger partial charge in [-0.15, -0.1) is 0 Å². The van der Waals surface area contributed by atoms with Crippen LogP contribution in [0, 0.1) is 0 Å². The van der Waals surface area contributed by atoms with Crippen molar-refractivity contribution >= 4 is 0 Å². The quantitative estimate of drug-likeness (QED) is 0.652. The van der Waals surface area contributed by atoms with Gasteiger partial charge in [0.05, 0.1) is 19.6 Å². The van der Waals surface area contributed by atoms with E-state index < -0.39 is 0 Å². The summed E-state index contributed by atoms with van der Waals surface area (Å²) in [6.07, 6.45) is 2.56. The molecular weight excluding hydrogens is 196 g/mol. The minimum absolute atomic E-state index is 0.373. The molecular formula is C14H31N2+. The van der Waals surface area contributed by atoms with Crippen LogP contribution in [0.25, 0.3) is 0 Å². The molecule has 0 saturated carbocycles. The average Bonchev–Trinajstić information content (AvgIpc) is 2.69. The van der Waals surface area contributed by atoms with Crippen LogP contribution < -0.4 is 0 Å². The molecule has 0 bridgehead atoms. The van der Waals surface area contributed by atoms with Gasteiger partial charge in [0.1, 0.15) is 12.7 Å². The summed E-state index contributed by atoms with van der Waals surface area (Å²) in [5.74, 6) is 0. The monoisotopic (exact) mass is 227 g/mol. The molecule has 96 valence electrons. The maximum Gasteiger partial charge on any atom is 0.135 e. The molecule has 0 N–H and O–H groups in total. The number of hydrogen-bond acceptors (Lipinski definition) is 1. The molecule has 1 heterocycles. The molecule has 0 aliphatic carbocycles. The fourth-order valence-corrected chi connectivity index (χ4v) is 3.06. The summed E-state index contributed by atoms with van der Waals surface area (Å²) in [6.45, 7) is 19.3. The van der Waals surface area contributed by atoms with Crippen LogP contribution in [0.5, 0.6) is 0 Å². The average molecular weight is 227 g/mol. The third kappa shape index (κ3) is 2.28. The predicted molar refractivity (Wildman–Crippen MR) is 71.4 cm³/mol. The Kier molecular flexibility index (Phi) is 4.42. The Hall–Kier alpha value is -0.0800. The van der Waals surface area contributed by atoms with Crippen molar-refractivity contribution in [1.82, 2.24) is 4.90 Å². The molecule has 0 aromatic heterocycles. The van der Waals surface area contributed by atoms with Gasteiger partial charge in [-0.3, -0.25) is 0 Å². The first-order chi connectivity index (χ1) is 7.45. The fraction of sp³-hybridized carbons (Fsp3) is 1.00. The molecule has 1 saturated heterocycles. The van der Waals surface area contributed by atoms with Crippen LogP contribution in [-0.2, 0) is 0 Å². The molecule has 0 aromatic carbocycles. The maximum absolute atomic E-state index is 2.72. The molecule has 0 radical (unpaired) electrons. The predicted octanol–water partition coefficient (Wildman–Crippen LogP) is 3.08. The van der Waals surface area contributed by atoms with Gasteiger partial charge < -0.3 is 4.48 Å². The van der Waals surface area contributed by atoms with E-state index in [-0.39, 0.29) is 0 Å². The second kappa shape index (κ2) is 5.05. The highest BCUT2D eigenvalue weighted by molar-refractivity contribution is 4.84. The van der Waals surface area contributed by atoms with Crippen LogP contribution >= 0.6 is 0 Å². The van der Waals surface area contributed by atoms with E-state index in [1.54, 1.807) is 0 Å². The van der Waals surface area contributed by atoms with E-state index in [0.717, 1.165) is 6.04 Å². The lowest BCUT2D eigenvalue weighted by Crippen LogP contribution is -2.53. The lowest BCUT2D eigenvalue weighted by Gasteiger charge is -2.39. The van der Waals surface area contributed by atoms with Gasteiger partial charge in [0.25, 0.3) is 0 Å². The van der Waals surface area contributed by atoms with Gasteiger partial charge in [0.2, 0.25) is 0 Å². The first kappa shape index (κ1) is 14.0. The zero-order chi connectivity index (χ0) is 12.4. The van der Waals surface area contributed by atoms with Crippen molar-refractivity contribution < 1.29 is 4.48 Å². The van der Waals surface area contributed by atoms with Gasteiger partial charge in [-0.1, -0.05) is 13.8 Å². The number of rotatable bonds is 5. The number of nitrogens with zero attached hydrogens (tertiary/aromatic N) is 2. The fourth-order valence-electron chi connectivity index (χ4n) is 3.06. The zero-order valence-electron chi connectivity index (χ0n) is 12.2. The highest BCUT2D eigenvalue weighted by atomic mass is 15.5. The molecule has 0 spiro atoms. The van der Waals surface area contributed by atoms with Crippen LogP contribution in [0.1, 0.15) is 54.4 Å². The third-order valence-electron chi connectivity index (χ3n) is 5.11. The maximum atomic E-state index is 2.72. The summed E-state index contributed by atoms with van der Waals surface area (Å²) < 4.78 is 1.31. The van der Waals surface area contributed by atoms with Crippen molar-refractivity contribution in [2.75, 3.05) is 26.3 Å². The molecule has 1 unspecified atom stereocenters. The molecule has 0 amide bonds. The van der Waals surface area contributed by atoms with Crippen LogP contribution in [0.2, 0.25) is 0 Å². The lowest BCUT2D eigenvalue weighted by molar-refractivity contribution is -0.939. The summed E-state index contributed by atoms with van der Waals surface area (Å²) in [7, 11) is 0. The molecule has 1 aliphatic rings. The normalized spacial score (nSPS) is 26.2. The summed E-state index contributed by atoms with van der Waals surface area (Å²) in [4.78, 5) is 2.72. The molecule has 1 fully saturated rings. The van der Waals surface area contributed by atoms with Gasteiger partial charge >= 0.3 is 0 Å². The van der Waals surface area contributed by atoms with E-state index in [0.29, 0.717) is 5.54 Å². The molecule has 1 rings (SSSR count). The SMILES string of the molecule is CCC1CN(C(C)(C)CC)C[N+]1(CC)CC. The number of likely N-dealkylation sites (N-methyl/N-ethyl adjacent to an activating group) is 1. The van der Waals surface area contributed by atoms with Crippen molar-refractivity contribution in [1.29, 1.82) is 0 Å². The Morgan fingerprint density at radius 2 is 1.69 bits per heavy atom. The molecule has 2 heteroatoms.